The molecule has 1 heterocycles. The van der Waals surface area contributed by atoms with Crippen LogP contribution in [0.4, 0.5) is 0 Å². The molecule has 0 saturated heterocycles. The summed E-state index contributed by atoms with van der Waals surface area (Å²) >= 11 is 0. The van der Waals surface area contributed by atoms with Crippen LogP contribution >= 0.6 is 0 Å². The number of benzene rings is 1. The van der Waals surface area contributed by atoms with E-state index in [1.165, 1.54) is 0 Å². The third-order valence-corrected chi connectivity index (χ3v) is 2.36. The Morgan fingerprint density at radius 2 is 1.62 bits per heavy atom. The molecule has 0 spiro atoms. The normalized spacial score (nSPS) is 9.56. The number of nitrogens with zero attached hydrogens (tertiary/aromatic N) is 1. The molecule has 2 heteroatoms. The molecule has 0 fully saturated rings. The monoisotopic (exact) mass is 217 g/mol. The summed E-state index contributed by atoms with van der Waals surface area (Å²) in [5.41, 5.74) is 3.09. The van der Waals surface area contributed by atoms with Gasteiger partial charge in [-0.3, -0.25) is 0 Å². The molecule has 0 radical (unpaired) electrons. The van der Waals surface area contributed by atoms with Gasteiger partial charge in [-0.2, -0.15) is 0 Å². The lowest BCUT2D eigenvalue weighted by molar-refractivity contribution is 0.416. The molecule has 0 aliphatic rings. The van der Waals surface area contributed by atoms with Gasteiger partial charge in [0.25, 0.3) is 0 Å². The molecule has 86 valence electrons. The smallest absolute Gasteiger partial charge is 0.147 e. The first kappa shape index (κ1) is 12.5. The van der Waals surface area contributed by atoms with Crippen LogP contribution in [0.15, 0.2) is 24.3 Å². The zero-order chi connectivity index (χ0) is 12.1. The number of aromatic nitrogens is 1. The quantitative estimate of drug-likeness (QED) is 0.723. The Morgan fingerprint density at radius 1 is 1.00 bits per heavy atom. The molecule has 0 unspecified atom stereocenters. The predicted molar refractivity (Wildman–Crippen MR) is 69.1 cm³/mol. The Kier molecular flexibility index (Phi) is 4.29. The number of hydrogen-bond acceptors (Lipinski definition) is 2. The topological polar surface area (TPSA) is 22.1 Å². The average molecular weight is 217 g/mol. The third kappa shape index (κ3) is 2.32. The summed E-state index contributed by atoms with van der Waals surface area (Å²) in [6.07, 6.45) is 0. The van der Waals surface area contributed by atoms with Gasteiger partial charge in [0, 0.05) is 11.1 Å². The Balaban J connectivity index is 0.000000606. The highest BCUT2D eigenvalue weighted by molar-refractivity contribution is 5.85. The van der Waals surface area contributed by atoms with Gasteiger partial charge in [-0.25, -0.2) is 4.98 Å². The van der Waals surface area contributed by atoms with E-state index in [-0.39, 0.29) is 0 Å². The van der Waals surface area contributed by atoms with Crippen LogP contribution in [0.5, 0.6) is 5.75 Å². The lowest BCUT2D eigenvalue weighted by atomic mass is 10.1. The van der Waals surface area contributed by atoms with E-state index in [1.54, 1.807) is 7.11 Å². The lowest BCUT2D eigenvalue weighted by Crippen LogP contribution is -1.92. The molecule has 1 aromatic carbocycles. The van der Waals surface area contributed by atoms with E-state index in [0.717, 1.165) is 27.9 Å². The highest BCUT2D eigenvalue weighted by Crippen LogP contribution is 2.27. The summed E-state index contributed by atoms with van der Waals surface area (Å²) < 4.78 is 5.35. The zero-order valence-electron chi connectivity index (χ0n) is 10.7. The predicted octanol–water partition coefficient (Wildman–Crippen LogP) is 3.89. The average Bonchev–Trinajstić information content (AvgIpc) is 2.31. The highest BCUT2D eigenvalue weighted by atomic mass is 16.5. The van der Waals surface area contributed by atoms with Crippen molar-refractivity contribution in [2.45, 2.75) is 27.7 Å². The van der Waals surface area contributed by atoms with Gasteiger partial charge in [-0.15, -0.1) is 0 Å². The minimum Gasteiger partial charge on any atom is -0.494 e. The summed E-state index contributed by atoms with van der Waals surface area (Å²) in [5, 5.41) is 1.12. The number of rotatable bonds is 1. The Morgan fingerprint density at radius 3 is 2.25 bits per heavy atom. The van der Waals surface area contributed by atoms with Crippen molar-refractivity contribution < 1.29 is 4.74 Å². The van der Waals surface area contributed by atoms with Crippen LogP contribution in [0.1, 0.15) is 25.1 Å². The maximum Gasteiger partial charge on any atom is 0.147 e. The van der Waals surface area contributed by atoms with Crippen molar-refractivity contribution in [2.24, 2.45) is 0 Å². The van der Waals surface area contributed by atoms with Crippen LogP contribution in [-0.4, -0.2) is 12.1 Å². The molecule has 0 amide bonds. The Hall–Kier alpha value is -1.57. The van der Waals surface area contributed by atoms with Crippen LogP contribution in [-0.2, 0) is 0 Å². The molecule has 0 N–H and O–H groups in total. The largest absolute Gasteiger partial charge is 0.494 e. The number of aryl methyl sites for hydroxylation is 2. The Bertz CT molecular complexity index is 472. The highest BCUT2D eigenvalue weighted by Gasteiger charge is 2.05. The molecule has 0 bridgehead atoms. The summed E-state index contributed by atoms with van der Waals surface area (Å²) in [5.74, 6) is 0.881. The molecule has 2 aromatic rings. The van der Waals surface area contributed by atoms with Gasteiger partial charge in [0.2, 0.25) is 0 Å². The third-order valence-electron chi connectivity index (χ3n) is 2.36. The maximum atomic E-state index is 5.35. The molecule has 0 saturated carbocycles. The number of methoxy groups -OCH3 is 1. The first-order valence-electron chi connectivity index (χ1n) is 5.63. The number of ether oxygens (including phenoxy) is 1. The molecule has 0 aliphatic heterocycles. The minimum atomic E-state index is 0.881. The lowest BCUT2D eigenvalue weighted by Gasteiger charge is -2.08. The second kappa shape index (κ2) is 5.50. The summed E-state index contributed by atoms with van der Waals surface area (Å²) in [7, 11) is 1.69. The summed E-state index contributed by atoms with van der Waals surface area (Å²) in [6, 6.07) is 8.20. The van der Waals surface area contributed by atoms with Crippen molar-refractivity contribution in [3.63, 3.8) is 0 Å². The molecule has 0 aliphatic carbocycles. The summed E-state index contributed by atoms with van der Waals surface area (Å²) in [4.78, 5) is 4.48. The van der Waals surface area contributed by atoms with Crippen molar-refractivity contribution in [3.8, 4) is 5.75 Å². The van der Waals surface area contributed by atoms with E-state index in [0.29, 0.717) is 0 Å². The van der Waals surface area contributed by atoms with E-state index in [2.05, 4.69) is 23.2 Å². The van der Waals surface area contributed by atoms with Crippen LogP contribution in [0.3, 0.4) is 0 Å². The van der Waals surface area contributed by atoms with Gasteiger partial charge >= 0.3 is 0 Å². The molecule has 2 nitrogen and oxygen atoms in total. The maximum absolute atomic E-state index is 5.35. The minimum absolute atomic E-state index is 0.881. The van der Waals surface area contributed by atoms with Crippen LogP contribution in [0, 0.1) is 13.8 Å². The van der Waals surface area contributed by atoms with E-state index >= 15 is 0 Å². The number of fused-ring (bicyclic) bond motifs is 1. The van der Waals surface area contributed by atoms with Crippen molar-refractivity contribution in [3.05, 3.63) is 35.5 Å². The van der Waals surface area contributed by atoms with Gasteiger partial charge in [0.05, 0.1) is 7.11 Å². The van der Waals surface area contributed by atoms with E-state index < -0.39 is 0 Å². The molecule has 2 rings (SSSR count). The van der Waals surface area contributed by atoms with Crippen molar-refractivity contribution in [1.29, 1.82) is 0 Å². The molecule has 16 heavy (non-hydrogen) atoms. The molecular formula is C14H19NO. The SMILES string of the molecule is CC.COc1c(C)ccc2ccc(C)nc12. The van der Waals surface area contributed by atoms with Gasteiger partial charge in [0.15, 0.2) is 0 Å². The van der Waals surface area contributed by atoms with E-state index in [4.69, 9.17) is 4.74 Å². The number of pyridine rings is 1. The van der Waals surface area contributed by atoms with Crippen molar-refractivity contribution in [2.75, 3.05) is 7.11 Å². The van der Waals surface area contributed by atoms with E-state index in [9.17, 15) is 0 Å². The molecule has 0 atom stereocenters. The first-order chi connectivity index (χ1) is 7.72. The zero-order valence-corrected chi connectivity index (χ0v) is 10.7. The van der Waals surface area contributed by atoms with Crippen LogP contribution < -0.4 is 4.74 Å². The van der Waals surface area contributed by atoms with Crippen LogP contribution in [0.2, 0.25) is 0 Å². The fourth-order valence-corrected chi connectivity index (χ4v) is 1.62. The Labute approximate surface area is 97.3 Å². The van der Waals surface area contributed by atoms with Crippen LogP contribution in [0.25, 0.3) is 10.9 Å². The fraction of sp³-hybridized carbons (Fsp3) is 0.357. The fourth-order valence-electron chi connectivity index (χ4n) is 1.62. The standard InChI is InChI=1S/C12H13NO.C2H6/c1-8-4-6-10-7-5-9(2)13-11(10)12(8)14-3;1-2/h4-7H,1-3H3;1-2H3. The van der Waals surface area contributed by atoms with Crippen molar-refractivity contribution >= 4 is 10.9 Å². The first-order valence-corrected chi connectivity index (χ1v) is 5.63. The van der Waals surface area contributed by atoms with E-state index in [1.807, 2.05) is 33.8 Å². The van der Waals surface area contributed by atoms with Gasteiger partial charge in [-0.1, -0.05) is 32.0 Å². The van der Waals surface area contributed by atoms with Crippen molar-refractivity contribution in [1.82, 2.24) is 4.98 Å². The van der Waals surface area contributed by atoms with Gasteiger partial charge in [-0.05, 0) is 25.5 Å². The van der Waals surface area contributed by atoms with Gasteiger partial charge < -0.3 is 4.74 Å². The molecule has 1 aromatic heterocycles. The molecular weight excluding hydrogens is 198 g/mol. The second-order valence-electron chi connectivity index (χ2n) is 3.44. The van der Waals surface area contributed by atoms with Gasteiger partial charge in [0.1, 0.15) is 11.3 Å². The summed E-state index contributed by atoms with van der Waals surface area (Å²) in [6.45, 7) is 8.02. The number of hydrogen-bond donors (Lipinski definition) is 0. The second-order valence-corrected chi connectivity index (χ2v) is 3.44.